The molecule has 112 valence electrons. The lowest BCUT2D eigenvalue weighted by atomic mass is 10.2. The van der Waals surface area contributed by atoms with Crippen molar-refractivity contribution >= 4 is 22.6 Å². The van der Waals surface area contributed by atoms with Crippen molar-refractivity contribution in [1.82, 2.24) is 4.57 Å². The van der Waals surface area contributed by atoms with E-state index in [2.05, 4.69) is 0 Å². The number of aliphatic hydroxyl groups is 1. The van der Waals surface area contributed by atoms with Gasteiger partial charge in [-0.05, 0) is 19.1 Å². The molecule has 0 amide bonds. The molecule has 0 aliphatic carbocycles. The van der Waals surface area contributed by atoms with E-state index in [-0.39, 0.29) is 25.3 Å². The first kappa shape index (κ1) is 15.0. The number of carbonyl (C=O) groups excluding carboxylic acids is 1. The molecule has 1 N–H and O–H groups in total. The summed E-state index contributed by atoms with van der Waals surface area (Å²) in [4.78, 5) is 21.8. The van der Waals surface area contributed by atoms with Gasteiger partial charge < -0.3 is 14.4 Å². The van der Waals surface area contributed by atoms with Crippen molar-refractivity contribution in [2.75, 3.05) is 6.61 Å². The lowest BCUT2D eigenvalue weighted by Crippen LogP contribution is -2.20. The number of non-ortho nitro benzene ring substituents is 1. The third-order valence-electron chi connectivity index (χ3n) is 3.10. The second-order valence-electron chi connectivity index (χ2n) is 4.60. The van der Waals surface area contributed by atoms with Crippen LogP contribution in [0.4, 0.5) is 5.69 Å². The van der Waals surface area contributed by atoms with Crippen molar-refractivity contribution in [1.29, 1.82) is 0 Å². The van der Waals surface area contributed by atoms with Crippen LogP contribution in [0.15, 0.2) is 30.5 Å². The number of hydrogen-bond donors (Lipinski definition) is 1. The van der Waals surface area contributed by atoms with E-state index in [0.29, 0.717) is 10.9 Å². The van der Waals surface area contributed by atoms with Crippen LogP contribution in [0.3, 0.4) is 0 Å². The van der Waals surface area contributed by atoms with Gasteiger partial charge in [0, 0.05) is 18.8 Å². The van der Waals surface area contributed by atoms with Crippen LogP contribution in [0, 0.1) is 10.1 Å². The Labute approximate surface area is 120 Å². The van der Waals surface area contributed by atoms with Gasteiger partial charge >= 0.3 is 5.97 Å². The second kappa shape index (κ2) is 6.36. The van der Waals surface area contributed by atoms with Gasteiger partial charge in [-0.2, -0.15) is 0 Å². The standard InChI is InChI=1S/C14H16N2O5/c1-2-21-14(18)8-10(17)9-15-7-6-11-12(15)4-3-5-13(11)16(19)20/h3-7,10,17H,2,8-9H2,1H3. The smallest absolute Gasteiger partial charge is 0.308 e. The number of rotatable bonds is 6. The van der Waals surface area contributed by atoms with Gasteiger partial charge in [-0.15, -0.1) is 0 Å². The summed E-state index contributed by atoms with van der Waals surface area (Å²) >= 11 is 0. The summed E-state index contributed by atoms with van der Waals surface area (Å²) < 4.78 is 6.46. The van der Waals surface area contributed by atoms with Gasteiger partial charge in [0.1, 0.15) is 0 Å². The van der Waals surface area contributed by atoms with Crippen LogP contribution in [0.2, 0.25) is 0 Å². The summed E-state index contributed by atoms with van der Waals surface area (Å²) in [5, 5.41) is 21.4. The maximum absolute atomic E-state index is 11.3. The van der Waals surface area contributed by atoms with E-state index in [0.717, 1.165) is 0 Å². The van der Waals surface area contributed by atoms with Gasteiger partial charge in [0.2, 0.25) is 0 Å². The van der Waals surface area contributed by atoms with E-state index >= 15 is 0 Å². The normalized spacial score (nSPS) is 12.3. The Morgan fingerprint density at radius 3 is 2.90 bits per heavy atom. The van der Waals surface area contributed by atoms with Gasteiger partial charge in [-0.3, -0.25) is 14.9 Å². The van der Waals surface area contributed by atoms with Crippen LogP contribution in [0.1, 0.15) is 13.3 Å². The van der Waals surface area contributed by atoms with E-state index in [1.54, 1.807) is 35.9 Å². The lowest BCUT2D eigenvalue weighted by Gasteiger charge is -2.12. The summed E-state index contributed by atoms with van der Waals surface area (Å²) in [5.41, 5.74) is 0.665. The molecule has 0 radical (unpaired) electrons. The topological polar surface area (TPSA) is 94.6 Å². The van der Waals surface area contributed by atoms with Gasteiger partial charge in [0.15, 0.2) is 0 Å². The van der Waals surface area contributed by atoms with Crippen molar-refractivity contribution < 1.29 is 19.6 Å². The molecule has 1 heterocycles. The second-order valence-corrected chi connectivity index (χ2v) is 4.60. The molecule has 1 aromatic heterocycles. The number of benzene rings is 1. The van der Waals surface area contributed by atoms with Gasteiger partial charge in [0.05, 0.1) is 35.0 Å². The van der Waals surface area contributed by atoms with Crippen LogP contribution in [-0.4, -0.2) is 33.3 Å². The highest BCUT2D eigenvalue weighted by Gasteiger charge is 2.17. The number of hydrogen-bond acceptors (Lipinski definition) is 5. The molecular formula is C14H16N2O5. The monoisotopic (exact) mass is 292 g/mol. The molecule has 1 atom stereocenters. The van der Waals surface area contributed by atoms with E-state index in [1.165, 1.54) is 6.07 Å². The van der Waals surface area contributed by atoms with Crippen LogP contribution < -0.4 is 0 Å². The molecule has 2 aromatic rings. The fourth-order valence-electron chi connectivity index (χ4n) is 2.23. The minimum absolute atomic E-state index is 0.0196. The van der Waals surface area contributed by atoms with Crippen LogP contribution in [-0.2, 0) is 16.1 Å². The fraction of sp³-hybridized carbons (Fsp3) is 0.357. The molecule has 2 rings (SSSR count). The van der Waals surface area contributed by atoms with Gasteiger partial charge in [-0.25, -0.2) is 0 Å². The third-order valence-corrected chi connectivity index (χ3v) is 3.10. The Morgan fingerprint density at radius 1 is 1.48 bits per heavy atom. The minimum atomic E-state index is -0.904. The first-order valence-corrected chi connectivity index (χ1v) is 6.59. The molecule has 0 spiro atoms. The molecule has 0 aliphatic heterocycles. The first-order valence-electron chi connectivity index (χ1n) is 6.59. The first-order chi connectivity index (χ1) is 10.0. The highest BCUT2D eigenvalue weighted by Crippen LogP contribution is 2.26. The minimum Gasteiger partial charge on any atom is -0.466 e. The number of carbonyl (C=O) groups is 1. The Morgan fingerprint density at radius 2 is 2.24 bits per heavy atom. The predicted molar refractivity (Wildman–Crippen MR) is 75.8 cm³/mol. The van der Waals surface area contributed by atoms with Crippen molar-refractivity contribution in [2.24, 2.45) is 0 Å². The zero-order chi connectivity index (χ0) is 15.4. The number of esters is 1. The average Bonchev–Trinajstić information content (AvgIpc) is 2.81. The van der Waals surface area contributed by atoms with Crippen molar-refractivity contribution in [3.8, 4) is 0 Å². The Kier molecular flexibility index (Phi) is 4.54. The highest BCUT2D eigenvalue weighted by molar-refractivity contribution is 5.89. The largest absolute Gasteiger partial charge is 0.466 e. The van der Waals surface area contributed by atoms with Crippen LogP contribution in [0.5, 0.6) is 0 Å². The van der Waals surface area contributed by atoms with E-state index < -0.39 is 17.0 Å². The maximum atomic E-state index is 11.3. The van der Waals surface area contributed by atoms with Gasteiger partial charge in [-0.1, -0.05) is 6.07 Å². The number of nitrogens with zero attached hydrogens (tertiary/aromatic N) is 2. The molecule has 21 heavy (non-hydrogen) atoms. The zero-order valence-electron chi connectivity index (χ0n) is 11.6. The molecule has 1 aromatic carbocycles. The number of ether oxygens (including phenoxy) is 1. The van der Waals surface area contributed by atoms with Crippen molar-refractivity contribution in [3.63, 3.8) is 0 Å². The number of nitro benzene ring substituents is 1. The molecule has 0 aliphatic rings. The van der Waals surface area contributed by atoms with Crippen LogP contribution >= 0.6 is 0 Å². The zero-order valence-corrected chi connectivity index (χ0v) is 11.6. The summed E-state index contributed by atoms with van der Waals surface area (Å²) in [6.07, 6.45) is 0.646. The number of aliphatic hydroxyl groups excluding tert-OH is 1. The molecule has 7 nitrogen and oxygen atoms in total. The van der Waals surface area contributed by atoms with Crippen molar-refractivity contribution in [2.45, 2.75) is 26.0 Å². The third kappa shape index (κ3) is 3.38. The van der Waals surface area contributed by atoms with E-state index in [1.807, 2.05) is 0 Å². The maximum Gasteiger partial charge on any atom is 0.308 e. The van der Waals surface area contributed by atoms with Crippen molar-refractivity contribution in [3.05, 3.63) is 40.6 Å². The Balaban J connectivity index is 2.18. The molecule has 0 saturated carbocycles. The van der Waals surface area contributed by atoms with E-state index in [9.17, 15) is 20.0 Å². The fourth-order valence-corrected chi connectivity index (χ4v) is 2.23. The number of nitro groups is 1. The molecule has 7 heteroatoms. The molecule has 0 fully saturated rings. The predicted octanol–water partition coefficient (Wildman–Crippen LogP) is 1.86. The lowest BCUT2D eigenvalue weighted by molar-refractivity contribution is -0.383. The molecule has 0 bridgehead atoms. The molecule has 1 unspecified atom stereocenters. The average molecular weight is 292 g/mol. The SMILES string of the molecule is CCOC(=O)CC(O)Cn1ccc2c([N+](=O)[O-])cccc21. The number of aromatic nitrogens is 1. The van der Waals surface area contributed by atoms with Crippen LogP contribution in [0.25, 0.3) is 10.9 Å². The molecular weight excluding hydrogens is 276 g/mol. The highest BCUT2D eigenvalue weighted by atomic mass is 16.6. The Bertz CT molecular complexity index is 664. The van der Waals surface area contributed by atoms with Gasteiger partial charge in [0.25, 0.3) is 5.69 Å². The summed E-state index contributed by atoms with van der Waals surface area (Å²) in [6, 6.07) is 6.39. The summed E-state index contributed by atoms with van der Waals surface area (Å²) in [5.74, 6) is -0.465. The molecule has 0 saturated heterocycles. The number of fused-ring (bicyclic) bond motifs is 1. The summed E-state index contributed by atoms with van der Waals surface area (Å²) in [6.45, 7) is 2.14. The summed E-state index contributed by atoms with van der Waals surface area (Å²) in [7, 11) is 0. The van der Waals surface area contributed by atoms with E-state index in [4.69, 9.17) is 4.74 Å². The Hall–Kier alpha value is -2.41. The quantitative estimate of drug-likeness (QED) is 0.498.